The fourth-order valence-corrected chi connectivity index (χ4v) is 1.09. The molecule has 2 radical (unpaired) electrons. The number of hydrogen-bond donors (Lipinski definition) is 0. The lowest BCUT2D eigenvalue weighted by atomic mass is 10.0. The van der Waals surface area contributed by atoms with Gasteiger partial charge in [0.1, 0.15) is 0 Å². The molecule has 1 aliphatic rings. The van der Waals surface area contributed by atoms with E-state index in [0.717, 1.165) is 13.0 Å². The van der Waals surface area contributed by atoms with Crippen molar-refractivity contribution < 1.29 is 9.53 Å². The number of rotatable bonds is 2. The van der Waals surface area contributed by atoms with Crippen molar-refractivity contribution in [1.82, 2.24) is 5.32 Å². The van der Waals surface area contributed by atoms with E-state index >= 15 is 0 Å². The van der Waals surface area contributed by atoms with Crippen LogP contribution in [0.25, 0.3) is 0 Å². The molecule has 62 valence electrons. The molecule has 1 aliphatic heterocycles. The highest BCUT2D eigenvalue weighted by molar-refractivity contribution is 5.74. The summed E-state index contributed by atoms with van der Waals surface area (Å²) in [6.07, 6.45) is 2.90. The summed E-state index contributed by atoms with van der Waals surface area (Å²) in [5, 5.41) is 4.13. The Kier molecular flexibility index (Phi) is 3.36. The van der Waals surface area contributed by atoms with Gasteiger partial charge >= 0.3 is 5.97 Å². The molecule has 1 fully saturated rings. The quantitative estimate of drug-likeness (QED) is 0.541. The molecule has 0 aromatic rings. The Morgan fingerprint density at radius 2 is 2.64 bits per heavy atom. The summed E-state index contributed by atoms with van der Waals surface area (Å²) in [7, 11) is 0. The molecule has 1 atom stereocenters. The maximum atomic E-state index is 11.1. The van der Waals surface area contributed by atoms with E-state index in [1.807, 2.05) is 13.3 Å². The molecule has 11 heavy (non-hydrogen) atoms. The van der Waals surface area contributed by atoms with E-state index in [0.29, 0.717) is 13.2 Å². The molecule has 3 heteroatoms. The molecule has 0 aliphatic carbocycles. The van der Waals surface area contributed by atoms with Gasteiger partial charge in [-0.15, -0.1) is 0 Å². The lowest BCUT2D eigenvalue weighted by molar-refractivity contribution is -0.147. The summed E-state index contributed by atoms with van der Waals surface area (Å²) in [5.74, 6) is -0.209. The molecule has 1 unspecified atom stereocenters. The van der Waals surface area contributed by atoms with Gasteiger partial charge in [0.25, 0.3) is 0 Å². The summed E-state index contributed by atoms with van der Waals surface area (Å²) in [6.45, 7) is 3.75. The van der Waals surface area contributed by atoms with Crippen molar-refractivity contribution in [2.75, 3.05) is 19.7 Å². The monoisotopic (exact) mass is 155 g/mol. The highest BCUT2D eigenvalue weighted by atomic mass is 16.5. The van der Waals surface area contributed by atoms with Crippen LogP contribution >= 0.6 is 0 Å². The minimum absolute atomic E-state index is 0.0799. The Labute approximate surface area is 67.1 Å². The number of piperidine rings is 1. The third-order valence-corrected chi connectivity index (χ3v) is 1.65. The first kappa shape index (κ1) is 8.53. The third kappa shape index (κ3) is 2.50. The van der Waals surface area contributed by atoms with Crippen molar-refractivity contribution in [2.24, 2.45) is 5.92 Å². The predicted molar refractivity (Wildman–Crippen MR) is 40.9 cm³/mol. The fraction of sp³-hybridized carbons (Fsp3) is 0.750. The van der Waals surface area contributed by atoms with Gasteiger partial charge in [0, 0.05) is 13.1 Å². The van der Waals surface area contributed by atoms with Crippen LogP contribution in [0.4, 0.5) is 0 Å². The van der Waals surface area contributed by atoms with Crippen LogP contribution in [0.2, 0.25) is 0 Å². The highest BCUT2D eigenvalue weighted by Gasteiger charge is 2.22. The van der Waals surface area contributed by atoms with E-state index in [1.54, 1.807) is 0 Å². The Morgan fingerprint density at radius 1 is 1.82 bits per heavy atom. The minimum Gasteiger partial charge on any atom is -0.466 e. The second-order valence-electron chi connectivity index (χ2n) is 2.51. The predicted octanol–water partition coefficient (Wildman–Crippen LogP) is 0.378. The third-order valence-electron chi connectivity index (χ3n) is 1.65. The summed E-state index contributed by atoms with van der Waals surface area (Å²) in [6, 6.07) is 0. The van der Waals surface area contributed by atoms with Gasteiger partial charge in [-0.1, -0.05) is 0 Å². The molecule has 3 nitrogen and oxygen atoms in total. The summed E-state index contributed by atoms with van der Waals surface area (Å²) >= 11 is 0. The smallest absolute Gasteiger partial charge is 0.310 e. The minimum atomic E-state index is -0.129. The number of hydrogen-bond acceptors (Lipinski definition) is 2. The number of ether oxygens (including phenoxy) is 1. The molecule has 0 aromatic carbocycles. The van der Waals surface area contributed by atoms with Crippen LogP contribution in [0.1, 0.15) is 13.3 Å². The Morgan fingerprint density at radius 3 is 3.18 bits per heavy atom. The number of carbonyl (C=O) groups excluding carboxylic acids is 1. The highest BCUT2D eigenvalue weighted by Crippen LogP contribution is 2.10. The summed E-state index contributed by atoms with van der Waals surface area (Å²) < 4.78 is 4.85. The van der Waals surface area contributed by atoms with Crippen molar-refractivity contribution >= 4 is 5.97 Å². The van der Waals surface area contributed by atoms with Crippen molar-refractivity contribution in [3.05, 3.63) is 6.42 Å². The van der Waals surface area contributed by atoms with Crippen LogP contribution in [0.3, 0.4) is 0 Å². The molecular formula is C8H13NO2. The maximum absolute atomic E-state index is 11.1. The van der Waals surface area contributed by atoms with Crippen LogP contribution in [0.5, 0.6) is 0 Å². The van der Waals surface area contributed by atoms with Gasteiger partial charge in [0.2, 0.25) is 0 Å². The number of nitrogens with zero attached hydrogens (tertiary/aromatic N) is 1. The van der Waals surface area contributed by atoms with Crippen molar-refractivity contribution in [1.29, 1.82) is 0 Å². The standard InChI is InChI=1S/C8H13NO2/c1-2-11-8(10)7-4-3-5-9-6-7/h4,7H,2-3,5-6H2,1H3. The van der Waals surface area contributed by atoms with Gasteiger partial charge in [-0.3, -0.25) is 4.79 Å². The van der Waals surface area contributed by atoms with E-state index in [-0.39, 0.29) is 11.9 Å². The number of esters is 1. The van der Waals surface area contributed by atoms with Crippen LogP contribution in [-0.2, 0) is 9.53 Å². The molecule has 0 saturated carbocycles. The summed E-state index contributed by atoms with van der Waals surface area (Å²) in [4.78, 5) is 11.1. The summed E-state index contributed by atoms with van der Waals surface area (Å²) in [5.41, 5.74) is 0. The Balaban J connectivity index is 2.27. The first-order valence-corrected chi connectivity index (χ1v) is 3.97. The molecule has 0 bridgehead atoms. The van der Waals surface area contributed by atoms with E-state index in [1.165, 1.54) is 0 Å². The maximum Gasteiger partial charge on any atom is 0.310 e. The topological polar surface area (TPSA) is 40.4 Å². The average Bonchev–Trinajstić information content (AvgIpc) is 2.07. The zero-order valence-corrected chi connectivity index (χ0v) is 6.75. The first-order chi connectivity index (χ1) is 5.34. The molecule has 0 aromatic heterocycles. The van der Waals surface area contributed by atoms with Crippen LogP contribution in [0, 0.1) is 12.3 Å². The lowest BCUT2D eigenvalue weighted by Gasteiger charge is -2.18. The van der Waals surface area contributed by atoms with Gasteiger partial charge in [-0.2, -0.15) is 0 Å². The van der Waals surface area contributed by atoms with Gasteiger partial charge < -0.3 is 4.74 Å². The zero-order chi connectivity index (χ0) is 8.10. The van der Waals surface area contributed by atoms with Crippen LogP contribution in [-0.4, -0.2) is 25.7 Å². The SMILES string of the molecule is CCOC(=O)C1[CH]CC[N]C1. The lowest BCUT2D eigenvalue weighted by Crippen LogP contribution is -2.31. The average molecular weight is 155 g/mol. The van der Waals surface area contributed by atoms with Gasteiger partial charge in [-0.05, 0) is 19.8 Å². The van der Waals surface area contributed by atoms with E-state index in [9.17, 15) is 4.79 Å². The van der Waals surface area contributed by atoms with E-state index in [4.69, 9.17) is 4.74 Å². The molecule has 1 heterocycles. The Bertz CT molecular complexity index is 130. The van der Waals surface area contributed by atoms with Crippen LogP contribution in [0.15, 0.2) is 0 Å². The van der Waals surface area contributed by atoms with Gasteiger partial charge in [0.15, 0.2) is 0 Å². The Hall–Kier alpha value is -0.570. The van der Waals surface area contributed by atoms with Crippen molar-refractivity contribution in [3.63, 3.8) is 0 Å². The molecular weight excluding hydrogens is 142 g/mol. The number of carbonyl (C=O) groups is 1. The van der Waals surface area contributed by atoms with Crippen molar-refractivity contribution in [2.45, 2.75) is 13.3 Å². The van der Waals surface area contributed by atoms with Crippen molar-refractivity contribution in [3.8, 4) is 0 Å². The molecule has 1 rings (SSSR count). The van der Waals surface area contributed by atoms with E-state index < -0.39 is 0 Å². The molecule has 0 spiro atoms. The van der Waals surface area contributed by atoms with Crippen LogP contribution < -0.4 is 5.32 Å². The van der Waals surface area contributed by atoms with Gasteiger partial charge in [-0.25, -0.2) is 5.32 Å². The first-order valence-electron chi connectivity index (χ1n) is 3.97. The molecule has 0 N–H and O–H groups in total. The van der Waals surface area contributed by atoms with E-state index in [2.05, 4.69) is 5.32 Å². The molecule has 1 saturated heterocycles. The molecule has 0 amide bonds. The zero-order valence-electron chi connectivity index (χ0n) is 6.75. The second kappa shape index (κ2) is 4.34. The largest absolute Gasteiger partial charge is 0.466 e. The van der Waals surface area contributed by atoms with Gasteiger partial charge in [0.05, 0.1) is 12.5 Å². The fourth-order valence-electron chi connectivity index (χ4n) is 1.09. The normalized spacial score (nSPS) is 24.6. The second-order valence-corrected chi connectivity index (χ2v) is 2.51.